The van der Waals surface area contributed by atoms with Gasteiger partial charge in [0.05, 0.1) is 31.6 Å². The first-order valence-corrected chi connectivity index (χ1v) is 12.7. The van der Waals surface area contributed by atoms with E-state index in [-0.39, 0.29) is 5.91 Å². The van der Waals surface area contributed by atoms with Gasteiger partial charge in [-0.3, -0.25) is 4.79 Å². The van der Waals surface area contributed by atoms with Crippen LogP contribution in [0, 0.1) is 0 Å². The fourth-order valence-corrected chi connectivity index (χ4v) is 4.54. The van der Waals surface area contributed by atoms with Gasteiger partial charge in [0, 0.05) is 31.7 Å². The SMILES string of the molecule is COc1ccc(-c2ccc3nc(-c4ccco4)cc(C(=O)NCCc4ccc(N(C)C)cc4)c3c2)cc1OC. The Labute approximate surface area is 228 Å². The van der Waals surface area contributed by atoms with Crippen LogP contribution in [0.2, 0.25) is 0 Å². The molecule has 2 aromatic heterocycles. The van der Waals surface area contributed by atoms with Gasteiger partial charge in [-0.25, -0.2) is 4.98 Å². The van der Waals surface area contributed by atoms with E-state index in [4.69, 9.17) is 18.9 Å². The van der Waals surface area contributed by atoms with Crippen LogP contribution in [-0.2, 0) is 6.42 Å². The van der Waals surface area contributed by atoms with Gasteiger partial charge in [0.1, 0.15) is 5.69 Å². The number of anilines is 1. The molecule has 0 aliphatic rings. The molecule has 5 rings (SSSR count). The van der Waals surface area contributed by atoms with Crippen LogP contribution >= 0.6 is 0 Å². The van der Waals surface area contributed by atoms with E-state index in [9.17, 15) is 4.79 Å². The van der Waals surface area contributed by atoms with Crippen molar-refractivity contribution in [3.05, 3.63) is 96.3 Å². The number of hydrogen-bond acceptors (Lipinski definition) is 6. The normalized spacial score (nSPS) is 10.9. The van der Waals surface area contributed by atoms with Crippen molar-refractivity contribution in [2.75, 3.05) is 39.8 Å². The third kappa shape index (κ3) is 5.57. The summed E-state index contributed by atoms with van der Waals surface area (Å²) in [4.78, 5) is 20.4. The van der Waals surface area contributed by atoms with E-state index < -0.39 is 0 Å². The number of ether oxygens (including phenoxy) is 2. The summed E-state index contributed by atoms with van der Waals surface area (Å²) in [5.41, 5.74) is 6.03. The molecule has 0 aliphatic heterocycles. The summed E-state index contributed by atoms with van der Waals surface area (Å²) in [6, 6.07) is 25.5. The Hall–Kier alpha value is -4.78. The van der Waals surface area contributed by atoms with E-state index in [0.717, 1.165) is 34.2 Å². The minimum absolute atomic E-state index is 0.162. The highest BCUT2D eigenvalue weighted by atomic mass is 16.5. The third-order valence-electron chi connectivity index (χ3n) is 6.70. The molecule has 0 spiro atoms. The molecule has 1 N–H and O–H groups in total. The summed E-state index contributed by atoms with van der Waals surface area (Å²) in [6.07, 6.45) is 2.33. The maximum Gasteiger partial charge on any atom is 0.252 e. The highest BCUT2D eigenvalue weighted by molar-refractivity contribution is 6.08. The maximum absolute atomic E-state index is 13.5. The van der Waals surface area contributed by atoms with Crippen LogP contribution in [0.4, 0.5) is 5.69 Å². The van der Waals surface area contributed by atoms with Gasteiger partial charge >= 0.3 is 0 Å². The molecule has 0 aliphatic carbocycles. The zero-order chi connectivity index (χ0) is 27.4. The van der Waals surface area contributed by atoms with Gasteiger partial charge in [-0.2, -0.15) is 0 Å². The second-order valence-electron chi connectivity index (χ2n) is 9.40. The quantitative estimate of drug-likeness (QED) is 0.248. The summed E-state index contributed by atoms with van der Waals surface area (Å²) in [5.74, 6) is 1.74. The van der Waals surface area contributed by atoms with E-state index in [2.05, 4.69) is 34.5 Å². The molecule has 3 aromatic carbocycles. The summed E-state index contributed by atoms with van der Waals surface area (Å²) in [6.45, 7) is 0.509. The van der Waals surface area contributed by atoms with Crippen LogP contribution in [0.3, 0.4) is 0 Å². The van der Waals surface area contributed by atoms with E-state index in [1.807, 2.05) is 62.6 Å². The molecule has 0 radical (unpaired) electrons. The van der Waals surface area contributed by atoms with Crippen molar-refractivity contribution < 1.29 is 18.7 Å². The Kier molecular flexibility index (Phi) is 7.50. The van der Waals surface area contributed by atoms with Crippen LogP contribution in [0.25, 0.3) is 33.5 Å². The summed E-state index contributed by atoms with van der Waals surface area (Å²) in [7, 11) is 7.25. The number of hydrogen-bond donors (Lipinski definition) is 1. The fraction of sp³-hybridized carbons (Fsp3) is 0.188. The largest absolute Gasteiger partial charge is 0.493 e. The first-order valence-electron chi connectivity index (χ1n) is 12.7. The van der Waals surface area contributed by atoms with Crippen molar-refractivity contribution in [1.29, 1.82) is 0 Å². The van der Waals surface area contributed by atoms with E-state index >= 15 is 0 Å². The van der Waals surface area contributed by atoms with Crippen molar-refractivity contribution in [3.8, 4) is 34.1 Å². The molecular weight excluding hydrogens is 490 g/mol. The maximum atomic E-state index is 13.5. The highest BCUT2D eigenvalue weighted by Gasteiger charge is 2.17. The first kappa shape index (κ1) is 25.9. The van der Waals surface area contributed by atoms with Crippen LogP contribution in [0.5, 0.6) is 11.5 Å². The zero-order valence-corrected chi connectivity index (χ0v) is 22.5. The number of carbonyl (C=O) groups excluding carboxylic acids is 1. The lowest BCUT2D eigenvalue weighted by atomic mass is 9.99. The molecule has 0 fully saturated rings. The average Bonchev–Trinajstić information content (AvgIpc) is 3.51. The molecule has 5 aromatic rings. The number of carbonyl (C=O) groups is 1. The number of rotatable bonds is 9. The smallest absolute Gasteiger partial charge is 0.252 e. The zero-order valence-electron chi connectivity index (χ0n) is 22.5. The highest BCUT2D eigenvalue weighted by Crippen LogP contribution is 2.34. The molecule has 2 heterocycles. The van der Waals surface area contributed by atoms with Crippen molar-refractivity contribution in [1.82, 2.24) is 10.3 Å². The Morgan fingerprint density at radius 1 is 0.897 bits per heavy atom. The minimum Gasteiger partial charge on any atom is -0.493 e. The number of furan rings is 1. The molecule has 0 unspecified atom stereocenters. The van der Waals surface area contributed by atoms with Gasteiger partial charge in [0.25, 0.3) is 5.91 Å². The van der Waals surface area contributed by atoms with Gasteiger partial charge in [-0.15, -0.1) is 0 Å². The van der Waals surface area contributed by atoms with Gasteiger partial charge in [0.15, 0.2) is 17.3 Å². The second kappa shape index (κ2) is 11.3. The Morgan fingerprint density at radius 2 is 1.64 bits per heavy atom. The number of pyridine rings is 1. The van der Waals surface area contributed by atoms with Crippen LogP contribution in [0.1, 0.15) is 15.9 Å². The third-order valence-corrected chi connectivity index (χ3v) is 6.70. The van der Waals surface area contributed by atoms with Crippen molar-refractivity contribution in [2.24, 2.45) is 0 Å². The van der Waals surface area contributed by atoms with Gasteiger partial charge < -0.3 is 24.1 Å². The van der Waals surface area contributed by atoms with Crippen LogP contribution in [0.15, 0.2) is 89.5 Å². The predicted molar refractivity (Wildman–Crippen MR) is 155 cm³/mol. The van der Waals surface area contributed by atoms with Gasteiger partial charge in [-0.05, 0) is 77.7 Å². The summed E-state index contributed by atoms with van der Waals surface area (Å²) < 4.78 is 16.5. The van der Waals surface area contributed by atoms with Crippen molar-refractivity contribution in [3.63, 3.8) is 0 Å². The lowest BCUT2D eigenvalue weighted by molar-refractivity contribution is 0.0955. The van der Waals surface area contributed by atoms with E-state index in [1.165, 1.54) is 0 Å². The van der Waals surface area contributed by atoms with E-state index in [0.29, 0.717) is 40.6 Å². The van der Waals surface area contributed by atoms with Gasteiger partial charge in [0.2, 0.25) is 0 Å². The molecule has 7 nitrogen and oxygen atoms in total. The number of nitrogens with zero attached hydrogens (tertiary/aromatic N) is 2. The Morgan fingerprint density at radius 3 is 2.33 bits per heavy atom. The molecule has 0 saturated heterocycles. The monoisotopic (exact) mass is 521 g/mol. The summed E-state index contributed by atoms with van der Waals surface area (Å²) in [5, 5.41) is 3.85. The number of methoxy groups -OCH3 is 2. The first-order chi connectivity index (χ1) is 19.0. The molecule has 0 saturated carbocycles. The van der Waals surface area contributed by atoms with Gasteiger partial charge in [-0.1, -0.05) is 24.3 Å². The minimum atomic E-state index is -0.162. The summed E-state index contributed by atoms with van der Waals surface area (Å²) >= 11 is 0. The lowest BCUT2D eigenvalue weighted by Gasteiger charge is -2.14. The molecule has 7 heteroatoms. The topological polar surface area (TPSA) is 76.8 Å². The number of benzene rings is 3. The molecule has 198 valence electrons. The molecular formula is C32H31N3O4. The lowest BCUT2D eigenvalue weighted by Crippen LogP contribution is -2.26. The van der Waals surface area contributed by atoms with Crippen molar-refractivity contribution >= 4 is 22.5 Å². The Bertz CT molecular complexity index is 1590. The predicted octanol–water partition coefficient (Wildman–Crippen LogP) is 6.22. The number of aromatic nitrogens is 1. The van der Waals surface area contributed by atoms with Crippen LogP contribution < -0.4 is 19.7 Å². The Balaban J connectivity index is 1.47. The molecule has 0 atom stereocenters. The fourth-order valence-electron chi connectivity index (χ4n) is 4.54. The van der Waals surface area contributed by atoms with Crippen LogP contribution in [-0.4, -0.2) is 45.8 Å². The van der Waals surface area contributed by atoms with E-state index in [1.54, 1.807) is 26.5 Å². The molecule has 0 bridgehead atoms. The number of amides is 1. The van der Waals surface area contributed by atoms with Crippen molar-refractivity contribution in [2.45, 2.75) is 6.42 Å². The standard InChI is InChI=1S/C32H31N3O4/c1-35(2)24-11-7-21(8-12-24)15-16-33-32(36)26-20-28(29-6-5-17-39-29)34-27-13-9-22(18-25(26)27)23-10-14-30(37-3)31(19-23)38-4/h5-14,17-20H,15-16H2,1-4H3,(H,33,36). The number of nitrogens with one attached hydrogen (secondary N) is 1. The number of fused-ring (bicyclic) bond motifs is 1. The average molecular weight is 522 g/mol. The second-order valence-corrected chi connectivity index (χ2v) is 9.40. The molecule has 39 heavy (non-hydrogen) atoms. The molecule has 1 amide bonds.